The van der Waals surface area contributed by atoms with Gasteiger partial charge >= 0.3 is 0 Å². The van der Waals surface area contributed by atoms with Crippen LogP contribution in [0.2, 0.25) is 5.28 Å². The van der Waals surface area contributed by atoms with Crippen molar-refractivity contribution in [2.24, 2.45) is 0 Å². The first-order valence-electron chi connectivity index (χ1n) is 5.61. The van der Waals surface area contributed by atoms with Crippen LogP contribution in [0.1, 0.15) is 5.56 Å². The van der Waals surface area contributed by atoms with E-state index in [4.69, 9.17) is 11.6 Å². The van der Waals surface area contributed by atoms with Crippen molar-refractivity contribution in [2.45, 2.75) is 6.54 Å². The molecule has 0 amide bonds. The van der Waals surface area contributed by atoms with Crippen molar-refractivity contribution < 1.29 is 5.11 Å². The second-order valence-corrected chi connectivity index (χ2v) is 4.30. The third kappa shape index (κ3) is 2.43. The van der Waals surface area contributed by atoms with Crippen LogP contribution in [0.5, 0.6) is 5.75 Å². The maximum Gasteiger partial charge on any atom is 0.226 e. The zero-order valence-corrected chi connectivity index (χ0v) is 10.5. The van der Waals surface area contributed by atoms with Crippen LogP contribution in [0.3, 0.4) is 0 Å². The van der Waals surface area contributed by atoms with Crippen molar-refractivity contribution in [3.8, 4) is 5.75 Å². The predicted octanol–water partition coefficient (Wildman–Crippen LogP) is 2.32. The van der Waals surface area contributed by atoms with E-state index in [9.17, 15) is 5.11 Å². The van der Waals surface area contributed by atoms with Gasteiger partial charge in [-0.2, -0.15) is 9.97 Å². The molecule has 0 aliphatic rings. The van der Waals surface area contributed by atoms with Gasteiger partial charge in [-0.15, -0.1) is 0 Å². The summed E-state index contributed by atoms with van der Waals surface area (Å²) < 4.78 is 0. The van der Waals surface area contributed by atoms with Crippen molar-refractivity contribution in [2.75, 3.05) is 5.32 Å². The molecule has 7 heteroatoms. The van der Waals surface area contributed by atoms with E-state index in [1.807, 2.05) is 12.1 Å². The molecule has 0 radical (unpaired) electrons. The van der Waals surface area contributed by atoms with Crippen molar-refractivity contribution in [3.63, 3.8) is 0 Å². The highest BCUT2D eigenvalue weighted by atomic mass is 35.5. The second kappa shape index (κ2) is 4.74. The molecule has 0 aliphatic carbocycles. The fourth-order valence-corrected chi connectivity index (χ4v) is 1.90. The quantitative estimate of drug-likeness (QED) is 0.639. The third-order valence-corrected chi connectivity index (χ3v) is 2.82. The minimum absolute atomic E-state index is 0.146. The highest BCUT2D eigenvalue weighted by Crippen LogP contribution is 2.19. The van der Waals surface area contributed by atoms with Crippen LogP contribution in [0.15, 0.2) is 30.6 Å². The number of phenolic OH excluding ortho intramolecular Hbond substituents is 1. The second-order valence-electron chi connectivity index (χ2n) is 3.96. The fourth-order valence-electron chi connectivity index (χ4n) is 1.73. The molecule has 19 heavy (non-hydrogen) atoms. The summed E-state index contributed by atoms with van der Waals surface area (Å²) in [6, 6.07) is 6.93. The Labute approximate surface area is 113 Å². The van der Waals surface area contributed by atoms with Gasteiger partial charge in [-0.05, 0) is 29.3 Å². The van der Waals surface area contributed by atoms with Crippen LogP contribution < -0.4 is 5.32 Å². The number of aromatic hydroxyl groups is 1. The van der Waals surface area contributed by atoms with Gasteiger partial charge in [-0.25, -0.2) is 4.98 Å². The minimum Gasteiger partial charge on any atom is -0.508 e. The van der Waals surface area contributed by atoms with E-state index in [0.717, 1.165) is 5.56 Å². The summed E-state index contributed by atoms with van der Waals surface area (Å²) in [4.78, 5) is 15.1. The molecule has 0 aliphatic heterocycles. The molecule has 0 atom stereocenters. The average Bonchev–Trinajstić information content (AvgIpc) is 2.85. The highest BCUT2D eigenvalue weighted by molar-refractivity contribution is 6.28. The number of phenols is 1. The van der Waals surface area contributed by atoms with E-state index in [0.29, 0.717) is 23.5 Å². The summed E-state index contributed by atoms with van der Waals surface area (Å²) in [6.07, 6.45) is 1.54. The maximum absolute atomic E-state index is 9.22. The van der Waals surface area contributed by atoms with Crippen LogP contribution in [0.4, 0.5) is 5.82 Å². The van der Waals surface area contributed by atoms with Gasteiger partial charge in [0.05, 0.1) is 6.33 Å². The SMILES string of the molecule is Oc1ccc(CNc2nc(Cl)nc3nc[nH]c23)cc1. The number of H-pyrrole nitrogens is 1. The van der Waals surface area contributed by atoms with Crippen LogP contribution in [0, 0.1) is 0 Å². The lowest BCUT2D eigenvalue weighted by molar-refractivity contribution is 0.475. The number of benzene rings is 1. The Kier molecular flexibility index (Phi) is 2.92. The first-order valence-corrected chi connectivity index (χ1v) is 5.98. The average molecular weight is 276 g/mol. The zero-order chi connectivity index (χ0) is 13.2. The van der Waals surface area contributed by atoms with E-state index in [1.54, 1.807) is 18.5 Å². The van der Waals surface area contributed by atoms with Gasteiger partial charge in [-0.1, -0.05) is 12.1 Å². The van der Waals surface area contributed by atoms with Crippen molar-refractivity contribution >= 4 is 28.6 Å². The number of anilines is 1. The third-order valence-electron chi connectivity index (χ3n) is 2.65. The number of nitrogens with zero attached hydrogens (tertiary/aromatic N) is 3. The first-order chi connectivity index (χ1) is 9.22. The Morgan fingerprint density at radius 2 is 2.00 bits per heavy atom. The molecule has 1 aromatic carbocycles. The number of hydrogen-bond acceptors (Lipinski definition) is 5. The number of halogens is 1. The Hall–Kier alpha value is -2.34. The number of nitrogens with one attached hydrogen (secondary N) is 2. The molecule has 0 fully saturated rings. The molecule has 2 aromatic heterocycles. The number of fused-ring (bicyclic) bond motifs is 1. The van der Waals surface area contributed by atoms with E-state index < -0.39 is 0 Å². The molecule has 2 heterocycles. The van der Waals surface area contributed by atoms with Gasteiger partial charge in [0.25, 0.3) is 0 Å². The maximum atomic E-state index is 9.22. The van der Waals surface area contributed by atoms with Gasteiger partial charge in [0.2, 0.25) is 5.28 Å². The van der Waals surface area contributed by atoms with Gasteiger partial charge in [0, 0.05) is 6.54 Å². The summed E-state index contributed by atoms with van der Waals surface area (Å²) in [6.45, 7) is 0.557. The topological polar surface area (TPSA) is 86.7 Å². The molecule has 6 nitrogen and oxygen atoms in total. The van der Waals surface area contributed by atoms with E-state index in [1.165, 1.54) is 0 Å². The smallest absolute Gasteiger partial charge is 0.226 e. The molecule has 96 valence electrons. The van der Waals surface area contributed by atoms with E-state index in [-0.39, 0.29) is 11.0 Å². The molecular formula is C12H10ClN5O. The lowest BCUT2D eigenvalue weighted by Crippen LogP contribution is -2.03. The predicted molar refractivity (Wildman–Crippen MR) is 72.1 cm³/mol. The van der Waals surface area contributed by atoms with Crippen LogP contribution in [-0.4, -0.2) is 25.0 Å². The molecule has 0 saturated heterocycles. The monoisotopic (exact) mass is 275 g/mol. The van der Waals surface area contributed by atoms with Crippen molar-refractivity contribution in [3.05, 3.63) is 41.4 Å². The summed E-state index contributed by atoms with van der Waals surface area (Å²) in [5.41, 5.74) is 2.25. The molecule has 0 spiro atoms. The standard InChI is InChI=1S/C12H10ClN5O/c13-12-17-10(9-11(18-12)16-6-15-9)14-5-7-1-3-8(19)4-2-7/h1-4,6,19H,5H2,(H2,14,15,16,17,18). The molecule has 3 N–H and O–H groups in total. The highest BCUT2D eigenvalue weighted by Gasteiger charge is 2.08. The molecular weight excluding hydrogens is 266 g/mol. The Balaban J connectivity index is 1.85. The Morgan fingerprint density at radius 1 is 1.21 bits per heavy atom. The molecule has 3 aromatic rings. The molecule has 3 rings (SSSR count). The lowest BCUT2D eigenvalue weighted by Gasteiger charge is -2.06. The number of rotatable bonds is 3. The number of imidazole rings is 1. The first kappa shape index (κ1) is 11.7. The Bertz CT molecular complexity index is 710. The molecule has 0 unspecified atom stereocenters. The largest absolute Gasteiger partial charge is 0.508 e. The van der Waals surface area contributed by atoms with Crippen molar-refractivity contribution in [1.82, 2.24) is 19.9 Å². The van der Waals surface area contributed by atoms with Gasteiger partial charge < -0.3 is 15.4 Å². The van der Waals surface area contributed by atoms with Gasteiger partial charge in [-0.3, -0.25) is 0 Å². The van der Waals surface area contributed by atoms with Gasteiger partial charge in [0.15, 0.2) is 11.5 Å². The summed E-state index contributed by atoms with van der Waals surface area (Å²) >= 11 is 5.83. The van der Waals surface area contributed by atoms with Crippen LogP contribution >= 0.6 is 11.6 Å². The normalized spacial score (nSPS) is 10.8. The fraction of sp³-hybridized carbons (Fsp3) is 0.0833. The minimum atomic E-state index is 0.146. The molecule has 0 bridgehead atoms. The summed E-state index contributed by atoms with van der Waals surface area (Å²) in [5.74, 6) is 0.838. The van der Waals surface area contributed by atoms with Crippen LogP contribution in [0.25, 0.3) is 11.2 Å². The van der Waals surface area contributed by atoms with Crippen LogP contribution in [-0.2, 0) is 6.54 Å². The molecule has 0 saturated carbocycles. The summed E-state index contributed by atoms with van der Waals surface area (Å²) in [7, 11) is 0. The zero-order valence-electron chi connectivity index (χ0n) is 9.76. The number of aromatic amines is 1. The van der Waals surface area contributed by atoms with E-state index in [2.05, 4.69) is 25.3 Å². The summed E-state index contributed by atoms with van der Waals surface area (Å²) in [5, 5.41) is 12.5. The van der Waals surface area contributed by atoms with E-state index >= 15 is 0 Å². The van der Waals surface area contributed by atoms with Crippen molar-refractivity contribution in [1.29, 1.82) is 0 Å². The Morgan fingerprint density at radius 3 is 2.79 bits per heavy atom. The number of hydrogen-bond donors (Lipinski definition) is 3. The number of aromatic nitrogens is 4. The lowest BCUT2D eigenvalue weighted by atomic mass is 10.2. The van der Waals surface area contributed by atoms with Gasteiger partial charge in [0.1, 0.15) is 11.3 Å².